The lowest BCUT2D eigenvalue weighted by molar-refractivity contribution is -0.132. The molecule has 0 bridgehead atoms. The van der Waals surface area contributed by atoms with Crippen molar-refractivity contribution < 1.29 is 4.79 Å². The van der Waals surface area contributed by atoms with Gasteiger partial charge in [0.05, 0.1) is 6.04 Å². The molecule has 0 rings (SSSR count). The van der Waals surface area contributed by atoms with Gasteiger partial charge in [-0.3, -0.25) is 4.79 Å². The molecule has 14 heavy (non-hydrogen) atoms. The first kappa shape index (κ1) is 13.4. The summed E-state index contributed by atoms with van der Waals surface area (Å²) in [5, 5.41) is 3.00. The highest BCUT2D eigenvalue weighted by Gasteiger charge is 2.22. The number of amides is 1. The van der Waals surface area contributed by atoms with Crippen molar-refractivity contribution in [2.45, 2.75) is 26.3 Å². The molecular weight excluding hydrogens is 178 g/mol. The highest BCUT2D eigenvalue weighted by Crippen LogP contribution is 2.07. The van der Waals surface area contributed by atoms with Crippen LogP contribution in [0.5, 0.6) is 0 Å². The topological polar surface area (TPSA) is 58.4 Å². The van der Waals surface area contributed by atoms with Crippen LogP contribution in [0.1, 0.15) is 20.3 Å². The standard InChI is InChI=1S/C10H23N3O/c1-5-8(2)9(11)10(14)13(4)7-6-12-3/h8-9,12H,5-7,11H2,1-4H3/t8?,9-/m0/s1. The quantitative estimate of drug-likeness (QED) is 0.638. The first-order valence-corrected chi connectivity index (χ1v) is 5.19. The fourth-order valence-corrected chi connectivity index (χ4v) is 1.14. The van der Waals surface area contributed by atoms with Crippen LogP contribution in [-0.2, 0) is 4.79 Å². The summed E-state index contributed by atoms with van der Waals surface area (Å²) >= 11 is 0. The molecule has 0 aromatic carbocycles. The molecule has 0 fully saturated rings. The van der Waals surface area contributed by atoms with Gasteiger partial charge in [-0.15, -0.1) is 0 Å². The lowest BCUT2D eigenvalue weighted by atomic mass is 9.99. The van der Waals surface area contributed by atoms with Gasteiger partial charge in [-0.1, -0.05) is 20.3 Å². The minimum Gasteiger partial charge on any atom is -0.343 e. The van der Waals surface area contributed by atoms with Crippen LogP contribution < -0.4 is 11.1 Å². The van der Waals surface area contributed by atoms with E-state index in [-0.39, 0.29) is 17.9 Å². The van der Waals surface area contributed by atoms with Crippen LogP contribution >= 0.6 is 0 Å². The maximum atomic E-state index is 11.7. The van der Waals surface area contributed by atoms with Gasteiger partial charge in [0.15, 0.2) is 0 Å². The van der Waals surface area contributed by atoms with E-state index >= 15 is 0 Å². The zero-order valence-corrected chi connectivity index (χ0v) is 9.71. The number of rotatable bonds is 6. The summed E-state index contributed by atoms with van der Waals surface area (Å²) in [7, 11) is 3.66. The lowest BCUT2D eigenvalue weighted by Crippen LogP contribution is -2.46. The number of hydrogen-bond donors (Lipinski definition) is 2. The Morgan fingerprint density at radius 3 is 2.57 bits per heavy atom. The van der Waals surface area contributed by atoms with Crippen LogP contribution in [0.4, 0.5) is 0 Å². The first-order chi connectivity index (χ1) is 6.54. The number of likely N-dealkylation sites (N-methyl/N-ethyl adjacent to an activating group) is 2. The second-order valence-corrected chi connectivity index (χ2v) is 3.77. The summed E-state index contributed by atoms with van der Waals surface area (Å²) in [6.07, 6.45) is 0.937. The third-order valence-corrected chi connectivity index (χ3v) is 2.62. The van der Waals surface area contributed by atoms with E-state index in [1.165, 1.54) is 0 Å². The second-order valence-electron chi connectivity index (χ2n) is 3.77. The molecule has 4 heteroatoms. The molecule has 0 aliphatic carbocycles. The van der Waals surface area contributed by atoms with E-state index in [0.29, 0.717) is 6.54 Å². The number of carbonyl (C=O) groups excluding carboxylic acids is 1. The Labute approximate surface area is 86.8 Å². The van der Waals surface area contributed by atoms with Crippen molar-refractivity contribution in [1.29, 1.82) is 0 Å². The van der Waals surface area contributed by atoms with Gasteiger partial charge in [-0.25, -0.2) is 0 Å². The minimum atomic E-state index is -0.359. The Balaban J connectivity index is 4.03. The molecule has 0 aliphatic heterocycles. The maximum Gasteiger partial charge on any atom is 0.239 e. The van der Waals surface area contributed by atoms with E-state index in [1.54, 1.807) is 11.9 Å². The molecule has 0 heterocycles. The summed E-state index contributed by atoms with van der Waals surface area (Å²) in [5.41, 5.74) is 5.83. The molecule has 0 aromatic heterocycles. The number of nitrogens with two attached hydrogens (primary N) is 1. The van der Waals surface area contributed by atoms with E-state index in [0.717, 1.165) is 13.0 Å². The van der Waals surface area contributed by atoms with Gasteiger partial charge in [0.25, 0.3) is 0 Å². The molecule has 1 unspecified atom stereocenters. The van der Waals surface area contributed by atoms with Gasteiger partial charge < -0.3 is 16.0 Å². The van der Waals surface area contributed by atoms with Crippen LogP contribution in [0.15, 0.2) is 0 Å². The molecule has 1 amide bonds. The second kappa shape index (κ2) is 6.79. The highest BCUT2D eigenvalue weighted by molar-refractivity contribution is 5.81. The molecule has 0 saturated heterocycles. The molecule has 4 nitrogen and oxygen atoms in total. The van der Waals surface area contributed by atoms with E-state index in [2.05, 4.69) is 5.32 Å². The zero-order chi connectivity index (χ0) is 11.1. The van der Waals surface area contributed by atoms with Crippen LogP contribution in [0.2, 0.25) is 0 Å². The number of nitrogens with zero attached hydrogens (tertiary/aromatic N) is 1. The molecule has 84 valence electrons. The van der Waals surface area contributed by atoms with Gasteiger partial charge in [-0.05, 0) is 13.0 Å². The number of nitrogens with one attached hydrogen (secondary N) is 1. The van der Waals surface area contributed by atoms with Crippen molar-refractivity contribution in [3.05, 3.63) is 0 Å². The van der Waals surface area contributed by atoms with Gasteiger partial charge in [0.1, 0.15) is 0 Å². The van der Waals surface area contributed by atoms with Gasteiger partial charge >= 0.3 is 0 Å². The van der Waals surface area contributed by atoms with Crippen molar-refractivity contribution in [3.8, 4) is 0 Å². The Hall–Kier alpha value is -0.610. The molecule has 0 spiro atoms. The third-order valence-electron chi connectivity index (χ3n) is 2.62. The fraction of sp³-hybridized carbons (Fsp3) is 0.900. The molecule has 0 saturated carbocycles. The van der Waals surface area contributed by atoms with Crippen molar-refractivity contribution in [3.63, 3.8) is 0 Å². The SMILES string of the molecule is CCC(C)[C@H](N)C(=O)N(C)CCNC. The van der Waals surface area contributed by atoms with Crippen molar-refractivity contribution >= 4 is 5.91 Å². The van der Waals surface area contributed by atoms with Crippen LogP contribution in [0, 0.1) is 5.92 Å². The van der Waals surface area contributed by atoms with Gasteiger partial charge in [-0.2, -0.15) is 0 Å². The van der Waals surface area contributed by atoms with Crippen molar-refractivity contribution in [2.75, 3.05) is 27.2 Å². The monoisotopic (exact) mass is 201 g/mol. The predicted molar refractivity (Wildman–Crippen MR) is 59.0 cm³/mol. The number of carbonyl (C=O) groups is 1. The van der Waals surface area contributed by atoms with E-state index in [9.17, 15) is 4.79 Å². The summed E-state index contributed by atoms with van der Waals surface area (Å²) in [6.45, 7) is 5.56. The van der Waals surface area contributed by atoms with E-state index < -0.39 is 0 Å². The Morgan fingerprint density at radius 2 is 2.14 bits per heavy atom. The number of hydrogen-bond acceptors (Lipinski definition) is 3. The van der Waals surface area contributed by atoms with Gasteiger partial charge in [0.2, 0.25) is 5.91 Å². The van der Waals surface area contributed by atoms with Crippen molar-refractivity contribution in [1.82, 2.24) is 10.2 Å². The largest absolute Gasteiger partial charge is 0.343 e. The smallest absolute Gasteiger partial charge is 0.239 e. The normalized spacial score (nSPS) is 14.9. The average molecular weight is 201 g/mol. The van der Waals surface area contributed by atoms with Gasteiger partial charge in [0, 0.05) is 20.1 Å². The highest BCUT2D eigenvalue weighted by atomic mass is 16.2. The predicted octanol–water partition coefficient (Wildman–Crippen LogP) is 0.0376. The van der Waals surface area contributed by atoms with Crippen LogP contribution in [0.3, 0.4) is 0 Å². The Morgan fingerprint density at radius 1 is 1.57 bits per heavy atom. The molecule has 0 aromatic rings. The van der Waals surface area contributed by atoms with E-state index in [4.69, 9.17) is 5.73 Å². The summed E-state index contributed by atoms with van der Waals surface area (Å²) < 4.78 is 0. The fourth-order valence-electron chi connectivity index (χ4n) is 1.14. The third kappa shape index (κ3) is 4.07. The Bertz CT molecular complexity index is 173. The minimum absolute atomic E-state index is 0.0367. The maximum absolute atomic E-state index is 11.7. The zero-order valence-electron chi connectivity index (χ0n) is 9.71. The summed E-state index contributed by atoms with van der Waals surface area (Å²) in [4.78, 5) is 13.4. The van der Waals surface area contributed by atoms with Crippen LogP contribution in [-0.4, -0.2) is 44.0 Å². The first-order valence-electron chi connectivity index (χ1n) is 5.19. The molecular formula is C10H23N3O. The average Bonchev–Trinajstić information content (AvgIpc) is 2.22. The lowest BCUT2D eigenvalue weighted by Gasteiger charge is -2.24. The molecule has 2 atom stereocenters. The van der Waals surface area contributed by atoms with Crippen LogP contribution in [0.25, 0.3) is 0 Å². The Kier molecular flexibility index (Phi) is 6.49. The molecule has 0 radical (unpaired) electrons. The summed E-state index contributed by atoms with van der Waals surface area (Å²) in [5.74, 6) is 0.286. The summed E-state index contributed by atoms with van der Waals surface area (Å²) in [6, 6.07) is -0.359. The molecule has 0 aliphatic rings. The van der Waals surface area contributed by atoms with E-state index in [1.807, 2.05) is 20.9 Å². The molecule has 3 N–H and O–H groups in total. The van der Waals surface area contributed by atoms with Crippen molar-refractivity contribution in [2.24, 2.45) is 11.7 Å².